The van der Waals surface area contributed by atoms with E-state index in [4.69, 9.17) is 18.9 Å². The SMILES string of the molecule is COC(=O)/C=C1\CC2CC(=O)OC(/C=C/C=C\C=C\CC(=O)N3CCCCC3)C(C)/C=C/C(C)CC3CCCC(CC(C1)O2)O3. The molecule has 0 aromatic rings. The third-order valence-electron chi connectivity index (χ3n) is 9.18. The number of hydrogen-bond donors (Lipinski definition) is 0. The molecule has 248 valence electrons. The molecule has 8 nitrogen and oxygen atoms in total. The molecular formula is C37H53NO7. The number of esters is 2. The molecule has 7 unspecified atom stereocenters. The average Bonchev–Trinajstić information content (AvgIpc) is 3.02. The molecule has 0 aromatic heterocycles. The Labute approximate surface area is 269 Å². The Bertz CT molecular complexity index is 1130. The lowest BCUT2D eigenvalue weighted by molar-refractivity contribution is -0.154. The first-order valence-corrected chi connectivity index (χ1v) is 17.0. The van der Waals surface area contributed by atoms with Gasteiger partial charge in [0.25, 0.3) is 0 Å². The normalized spacial score (nSPS) is 33.8. The standard InChI is InChI=1S/C37H53NO7/c1-27-17-18-28(2)34(15-8-5-4-6-9-16-35(39)38-19-10-7-11-20-38)45-37(41)26-33-23-29(24-36(40)42-3)22-32(44-33)25-31-14-12-13-30(21-27)43-31/h4-6,8-9,15,17-18,24,27-28,30-34H,7,10-14,16,19-23,25-26H2,1-3H3/b5-4-,9-6+,15-8+,18-17+,29-24-. The molecule has 0 radical (unpaired) electrons. The van der Waals surface area contributed by atoms with E-state index in [0.717, 1.165) is 63.6 Å². The van der Waals surface area contributed by atoms with E-state index in [1.807, 2.05) is 41.4 Å². The van der Waals surface area contributed by atoms with Crippen molar-refractivity contribution < 1.29 is 33.3 Å². The Morgan fingerprint density at radius 2 is 1.58 bits per heavy atom. The van der Waals surface area contributed by atoms with E-state index in [1.54, 1.807) is 6.08 Å². The Morgan fingerprint density at radius 3 is 2.36 bits per heavy atom. The van der Waals surface area contributed by atoms with Crippen molar-refractivity contribution in [1.29, 1.82) is 0 Å². The maximum absolute atomic E-state index is 13.3. The summed E-state index contributed by atoms with van der Waals surface area (Å²) in [5, 5.41) is 0. The number of likely N-dealkylation sites (tertiary alicyclic amines) is 1. The molecule has 4 aliphatic heterocycles. The summed E-state index contributed by atoms with van der Waals surface area (Å²) < 4.78 is 23.9. The molecule has 0 saturated carbocycles. The molecule has 3 saturated heterocycles. The van der Waals surface area contributed by atoms with Crippen molar-refractivity contribution in [3.05, 3.63) is 60.3 Å². The zero-order chi connectivity index (χ0) is 32.0. The van der Waals surface area contributed by atoms with Crippen LogP contribution in [-0.4, -0.2) is 73.5 Å². The lowest BCUT2D eigenvalue weighted by atomic mass is 9.89. The Morgan fingerprint density at radius 1 is 0.867 bits per heavy atom. The van der Waals surface area contributed by atoms with Gasteiger partial charge in [-0.1, -0.05) is 62.0 Å². The number of hydrogen-bond acceptors (Lipinski definition) is 7. The summed E-state index contributed by atoms with van der Waals surface area (Å²) in [5.41, 5.74) is 0.932. The fraction of sp³-hybridized carbons (Fsp3) is 0.649. The summed E-state index contributed by atoms with van der Waals surface area (Å²) in [6, 6.07) is 0. The van der Waals surface area contributed by atoms with Crippen LogP contribution in [0.15, 0.2) is 60.3 Å². The Hall–Kier alpha value is -2.97. The minimum Gasteiger partial charge on any atom is -0.466 e. The van der Waals surface area contributed by atoms with Gasteiger partial charge in [0.2, 0.25) is 5.91 Å². The summed E-state index contributed by atoms with van der Waals surface area (Å²) >= 11 is 0. The minimum absolute atomic E-state index is 0.0403. The largest absolute Gasteiger partial charge is 0.466 e. The van der Waals surface area contributed by atoms with Crippen LogP contribution >= 0.6 is 0 Å². The smallest absolute Gasteiger partial charge is 0.330 e. The van der Waals surface area contributed by atoms with Crippen molar-refractivity contribution in [1.82, 2.24) is 4.90 Å². The summed E-state index contributed by atoms with van der Waals surface area (Å²) in [4.78, 5) is 39.6. The van der Waals surface area contributed by atoms with Crippen LogP contribution in [0.2, 0.25) is 0 Å². The minimum atomic E-state index is -0.456. The first-order valence-electron chi connectivity index (χ1n) is 17.0. The topological polar surface area (TPSA) is 91.4 Å². The number of cyclic esters (lactones) is 1. The van der Waals surface area contributed by atoms with Crippen molar-refractivity contribution in [2.75, 3.05) is 20.2 Å². The van der Waals surface area contributed by atoms with Crippen molar-refractivity contribution in [2.24, 2.45) is 11.8 Å². The second kappa shape index (κ2) is 18.2. The van der Waals surface area contributed by atoms with Gasteiger partial charge in [0, 0.05) is 37.9 Å². The average molecular weight is 624 g/mol. The van der Waals surface area contributed by atoms with E-state index in [-0.39, 0.29) is 54.6 Å². The number of ether oxygens (including phenoxy) is 4. The van der Waals surface area contributed by atoms with Gasteiger partial charge in [0.15, 0.2) is 0 Å². The zero-order valence-corrected chi connectivity index (χ0v) is 27.4. The maximum Gasteiger partial charge on any atom is 0.330 e. The van der Waals surface area contributed by atoms with Gasteiger partial charge in [-0.25, -0.2) is 4.79 Å². The summed E-state index contributed by atoms with van der Waals surface area (Å²) in [6.45, 7) is 6.00. The Balaban J connectivity index is 1.43. The predicted molar refractivity (Wildman–Crippen MR) is 174 cm³/mol. The van der Waals surface area contributed by atoms with Crippen molar-refractivity contribution in [3.63, 3.8) is 0 Å². The molecule has 7 atom stereocenters. The van der Waals surface area contributed by atoms with Gasteiger partial charge in [0.1, 0.15) is 6.10 Å². The quantitative estimate of drug-likeness (QED) is 0.143. The van der Waals surface area contributed by atoms with Gasteiger partial charge in [-0.05, 0) is 69.8 Å². The third-order valence-corrected chi connectivity index (χ3v) is 9.18. The monoisotopic (exact) mass is 623 g/mol. The summed E-state index contributed by atoms with van der Waals surface area (Å²) in [7, 11) is 1.37. The van der Waals surface area contributed by atoms with E-state index in [9.17, 15) is 14.4 Å². The molecule has 8 heteroatoms. The number of methoxy groups -OCH3 is 1. The van der Waals surface area contributed by atoms with Crippen molar-refractivity contribution in [2.45, 2.75) is 121 Å². The van der Waals surface area contributed by atoms with Gasteiger partial charge < -0.3 is 23.8 Å². The summed E-state index contributed by atoms with van der Waals surface area (Å²) in [6.07, 6.45) is 26.5. The lowest BCUT2D eigenvalue weighted by Gasteiger charge is -2.37. The molecule has 4 rings (SSSR count). The van der Waals surface area contributed by atoms with Gasteiger partial charge in [0.05, 0.1) is 37.9 Å². The highest BCUT2D eigenvalue weighted by Gasteiger charge is 2.33. The lowest BCUT2D eigenvalue weighted by Crippen LogP contribution is -2.37. The molecule has 0 aliphatic carbocycles. The number of amides is 1. The van der Waals surface area contributed by atoms with Crippen LogP contribution in [0.4, 0.5) is 0 Å². The highest BCUT2D eigenvalue weighted by molar-refractivity contribution is 5.82. The fourth-order valence-corrected chi connectivity index (χ4v) is 6.76. The van der Waals surface area contributed by atoms with Crippen LogP contribution in [0.3, 0.4) is 0 Å². The second-order valence-electron chi connectivity index (χ2n) is 13.1. The third kappa shape index (κ3) is 12.0. The van der Waals surface area contributed by atoms with Crippen LogP contribution in [0, 0.1) is 11.8 Å². The van der Waals surface area contributed by atoms with Crippen LogP contribution in [0.25, 0.3) is 0 Å². The van der Waals surface area contributed by atoms with Gasteiger partial charge in [-0.2, -0.15) is 0 Å². The highest BCUT2D eigenvalue weighted by Crippen LogP contribution is 2.33. The maximum atomic E-state index is 13.3. The number of carbonyl (C=O) groups is 3. The summed E-state index contributed by atoms with van der Waals surface area (Å²) in [5.74, 6) is -0.256. The molecular weight excluding hydrogens is 570 g/mol. The first kappa shape index (κ1) is 34.9. The molecule has 0 aromatic carbocycles. The predicted octanol–water partition coefficient (Wildman–Crippen LogP) is 6.57. The molecule has 1 amide bonds. The number of piperidine rings is 1. The molecule has 3 fully saturated rings. The number of nitrogens with zero attached hydrogens (tertiary/aromatic N) is 1. The number of allylic oxidation sites excluding steroid dienone is 5. The number of carbonyl (C=O) groups excluding carboxylic acids is 3. The van der Waals surface area contributed by atoms with Crippen molar-refractivity contribution in [3.8, 4) is 0 Å². The Kier molecular flexibility index (Phi) is 14.1. The van der Waals surface area contributed by atoms with Gasteiger partial charge in [-0.15, -0.1) is 0 Å². The van der Waals surface area contributed by atoms with Crippen LogP contribution in [-0.2, 0) is 33.3 Å². The highest BCUT2D eigenvalue weighted by atomic mass is 16.6. The van der Waals surface area contributed by atoms with E-state index < -0.39 is 6.10 Å². The molecule has 4 bridgehead atoms. The fourth-order valence-electron chi connectivity index (χ4n) is 6.76. The molecule has 4 heterocycles. The second-order valence-corrected chi connectivity index (χ2v) is 13.1. The first-order chi connectivity index (χ1) is 21.8. The van der Waals surface area contributed by atoms with Gasteiger partial charge >= 0.3 is 11.9 Å². The molecule has 4 aliphatic rings. The van der Waals surface area contributed by atoms with Crippen LogP contribution in [0.1, 0.15) is 90.9 Å². The molecule has 45 heavy (non-hydrogen) atoms. The van der Waals surface area contributed by atoms with E-state index in [1.165, 1.54) is 13.5 Å². The van der Waals surface area contributed by atoms with Crippen LogP contribution in [0.5, 0.6) is 0 Å². The zero-order valence-electron chi connectivity index (χ0n) is 27.4. The van der Waals surface area contributed by atoms with Crippen molar-refractivity contribution >= 4 is 17.8 Å². The van der Waals surface area contributed by atoms with E-state index in [2.05, 4.69) is 26.0 Å². The van der Waals surface area contributed by atoms with E-state index >= 15 is 0 Å². The molecule has 0 spiro atoms. The number of rotatable bonds is 6. The van der Waals surface area contributed by atoms with E-state index in [0.29, 0.717) is 25.2 Å². The van der Waals surface area contributed by atoms with Gasteiger partial charge in [-0.3, -0.25) is 9.59 Å². The number of fused-ring (bicyclic) bond motifs is 4. The van der Waals surface area contributed by atoms with Crippen LogP contribution < -0.4 is 0 Å². The molecule has 0 N–H and O–H groups in total.